The van der Waals surface area contributed by atoms with Gasteiger partial charge in [0.15, 0.2) is 0 Å². The molecule has 0 aliphatic heterocycles. The third-order valence-electron chi connectivity index (χ3n) is 1.03. The minimum absolute atomic E-state index is 0. The van der Waals surface area contributed by atoms with E-state index in [1.807, 2.05) is 30.5 Å². The molecule has 4 heteroatoms. The molecule has 1 aliphatic carbocycles. The Bertz CT molecular complexity index is 195. The first-order valence-electron chi connectivity index (χ1n) is 3.56. The largest absolute Gasteiger partial charge is 0.484 e. The first kappa shape index (κ1) is 59.8. The minimum Gasteiger partial charge on any atom is -0.484 e. The summed E-state index contributed by atoms with van der Waals surface area (Å²) in [5, 5.41) is 0. The zero-order valence-electron chi connectivity index (χ0n) is 13.7. The predicted molar refractivity (Wildman–Crippen MR) is 101 cm³/mol. The van der Waals surface area contributed by atoms with E-state index in [0.717, 1.165) is 6.42 Å². The second kappa shape index (κ2) is 61.7. The van der Waals surface area contributed by atoms with E-state index in [-0.39, 0.29) is 69.4 Å². The third kappa shape index (κ3) is 52.1. The Hall–Kier alpha value is -0.0757. The van der Waals surface area contributed by atoms with Gasteiger partial charge in [-0.3, -0.25) is 6.08 Å². The number of halogens is 2. The molecule has 1 aromatic rings. The van der Waals surface area contributed by atoms with Crippen LogP contribution in [-0.4, -0.2) is 9.80 Å². The molecule has 1 N–H and O–H groups in total. The van der Waals surface area contributed by atoms with Crippen LogP contribution in [0.5, 0.6) is 0 Å². The molecule has 2 rings (SSSR count). The van der Waals surface area contributed by atoms with Gasteiger partial charge in [0.05, 0.1) is 0 Å². The summed E-state index contributed by atoms with van der Waals surface area (Å²) in [6, 6.07) is 3.71. The van der Waals surface area contributed by atoms with Crippen molar-refractivity contribution in [3.05, 3.63) is 93.4 Å². The van der Waals surface area contributed by atoms with Crippen LogP contribution in [0.4, 0.5) is 0 Å². The fraction of sp³-hybridized carbons (Fsp3) is 0.0625. The average molecular weight is 356 g/mol. The molecule has 0 atom stereocenters. The molecule has 0 saturated heterocycles. The maximum absolute atomic E-state index is 3.25. The number of nitrogens with one attached hydrogen (secondary N) is 1. The predicted octanol–water partition coefficient (Wildman–Crippen LogP) is 5.63. The van der Waals surface area contributed by atoms with Crippen LogP contribution < -0.4 is 0 Å². The first-order valence-corrected chi connectivity index (χ1v) is 4.67. The average Bonchev–Trinajstić information content (AvgIpc) is 2.87. The summed E-state index contributed by atoms with van der Waals surface area (Å²) in [7, 11) is 0. The molecule has 126 valence electrons. The van der Waals surface area contributed by atoms with Crippen LogP contribution in [0.15, 0.2) is 36.6 Å². The van der Waals surface area contributed by atoms with Gasteiger partial charge in [0.2, 0.25) is 0 Å². The second-order valence-corrected chi connectivity index (χ2v) is 1.82. The van der Waals surface area contributed by atoms with Crippen LogP contribution in [0.25, 0.3) is 0 Å². The van der Waals surface area contributed by atoms with E-state index in [0.29, 0.717) is 0 Å². The monoisotopic (exact) mass is 355 g/mol. The van der Waals surface area contributed by atoms with Gasteiger partial charge in [0.1, 0.15) is 0 Å². The van der Waals surface area contributed by atoms with Crippen LogP contribution in [-0.2, 0) is 20.0 Å². The molecule has 1 nitrogen and oxygen atoms in total. The van der Waals surface area contributed by atoms with Gasteiger partial charge in [-0.05, 0) is 0 Å². The van der Waals surface area contributed by atoms with Crippen molar-refractivity contribution < 1.29 is 20.0 Å². The molecule has 0 aromatic carbocycles. The van der Waals surface area contributed by atoms with E-state index in [4.69, 9.17) is 0 Å². The standard InChI is InChI=1S/C5H5.C4H4N.6CH3.CH2.2ClH.Ti/c2*1-2-4-5-3-1;;;;;;;;;;/h1-3H,4H2;1-3,5H;6*1H3;1H2;2*1H;/q8*-1;;;;. The minimum atomic E-state index is 0. The fourth-order valence-electron chi connectivity index (χ4n) is 0.581. The molecular weight excluding hydrogens is 325 g/mol. The molecule has 0 fully saturated rings. The number of rotatable bonds is 0. The van der Waals surface area contributed by atoms with Crippen molar-refractivity contribution in [2.75, 3.05) is 0 Å². The molecule has 0 amide bonds. The van der Waals surface area contributed by atoms with Gasteiger partial charge in [0, 0.05) is 0 Å². The van der Waals surface area contributed by atoms with Gasteiger partial charge >= 0.3 is 24.8 Å². The Morgan fingerprint density at radius 2 is 1.45 bits per heavy atom. The summed E-state index contributed by atoms with van der Waals surface area (Å²) in [6.45, 7) is 0. The Labute approximate surface area is 154 Å². The number of aromatic nitrogens is 1. The summed E-state index contributed by atoms with van der Waals surface area (Å²) in [5.74, 6) is 0. The number of hydrogen-bond donors (Lipinski definition) is 1. The van der Waals surface area contributed by atoms with Crippen molar-refractivity contribution in [1.29, 1.82) is 0 Å². The summed E-state index contributed by atoms with van der Waals surface area (Å²) in [6.07, 6.45) is 14.6. The van der Waals surface area contributed by atoms with Gasteiger partial charge in [-0.2, -0.15) is 24.4 Å². The van der Waals surface area contributed by atoms with Crippen LogP contribution >= 0.6 is 24.8 Å². The van der Waals surface area contributed by atoms with E-state index < -0.39 is 0 Å². The fourth-order valence-corrected chi connectivity index (χ4v) is 0.581. The molecule has 0 saturated carbocycles. The van der Waals surface area contributed by atoms with E-state index in [9.17, 15) is 0 Å². The molecule has 0 unspecified atom stereocenters. The Balaban J connectivity index is -0.0000000113. The smallest absolute Gasteiger partial charge is 0.108 e. The Morgan fingerprint density at radius 3 is 1.55 bits per heavy atom. The van der Waals surface area contributed by atoms with Crippen LogP contribution in [0, 0.1) is 56.8 Å². The number of H-pyrrole nitrogens is 1. The summed E-state index contributed by atoms with van der Waals surface area (Å²) in [4.78, 5) is 5.99. The van der Waals surface area contributed by atoms with E-state index >= 15 is 0 Å². The molecule has 1 aliphatic rings. The SMILES string of the molecule is Cl.Cl.[C-]1=CC=CC1.[CH2]=[Ti].[CH3-].[CH3-].[CH3-].[CH3-].[CH3-].[CH3-].[c-]1ccc[nH]1. The zero-order valence-corrected chi connectivity index (χ0v) is 16.9. The quantitative estimate of drug-likeness (QED) is 0.458. The molecule has 20 heavy (non-hydrogen) atoms. The summed E-state index contributed by atoms with van der Waals surface area (Å²) < 4.78 is 0. The number of hydrogen-bond acceptors (Lipinski definition) is 0. The van der Waals surface area contributed by atoms with Gasteiger partial charge < -0.3 is 49.5 Å². The van der Waals surface area contributed by atoms with Crippen molar-refractivity contribution in [3.8, 4) is 0 Å². The summed E-state index contributed by atoms with van der Waals surface area (Å²) >= 11 is 1.75. The molecule has 0 spiro atoms. The van der Waals surface area contributed by atoms with Crippen molar-refractivity contribution in [3.63, 3.8) is 0 Å². The summed E-state index contributed by atoms with van der Waals surface area (Å²) in [5.41, 5.74) is 0. The van der Waals surface area contributed by atoms with Gasteiger partial charge in [0.25, 0.3) is 0 Å². The maximum Gasteiger partial charge on any atom is -0.108 e. The van der Waals surface area contributed by atoms with Gasteiger partial charge in [-0.25, -0.2) is 12.2 Å². The molecule has 0 bridgehead atoms. The molecule has 1 aromatic heterocycles. The topological polar surface area (TPSA) is 15.8 Å². The van der Waals surface area contributed by atoms with Gasteiger partial charge in [-0.15, -0.1) is 37.4 Å². The van der Waals surface area contributed by atoms with Crippen LogP contribution in [0.3, 0.4) is 0 Å². The van der Waals surface area contributed by atoms with E-state index in [1.54, 1.807) is 20.0 Å². The van der Waals surface area contributed by atoms with Crippen molar-refractivity contribution in [2.24, 2.45) is 0 Å². The third-order valence-corrected chi connectivity index (χ3v) is 1.03. The van der Waals surface area contributed by atoms with Crippen molar-refractivity contribution >= 4 is 29.6 Å². The van der Waals surface area contributed by atoms with Crippen LogP contribution in [0.2, 0.25) is 0 Å². The first-order chi connectivity index (χ1) is 6.00. The Morgan fingerprint density at radius 1 is 0.950 bits per heavy atom. The number of allylic oxidation sites excluding steroid dienone is 4. The second-order valence-electron chi connectivity index (χ2n) is 1.82. The Kier molecular flexibility index (Phi) is 185. The molecular formula is C16H31Cl2NTi-8. The van der Waals surface area contributed by atoms with E-state index in [1.165, 1.54) is 0 Å². The van der Waals surface area contributed by atoms with Crippen molar-refractivity contribution in [1.82, 2.24) is 4.98 Å². The maximum atomic E-state index is 3.25. The molecule has 1 heterocycles. The van der Waals surface area contributed by atoms with Gasteiger partial charge in [-0.1, -0.05) is 0 Å². The van der Waals surface area contributed by atoms with E-state index in [2.05, 4.69) is 28.2 Å². The molecule has 0 radical (unpaired) electrons. The van der Waals surface area contributed by atoms with Crippen LogP contribution in [0.1, 0.15) is 6.42 Å². The van der Waals surface area contributed by atoms with Crippen molar-refractivity contribution in [2.45, 2.75) is 6.42 Å². The zero-order chi connectivity index (χ0) is 9.07. The number of aromatic amines is 1. The normalized spacial score (nSPS) is 6.55.